The fraction of sp³-hybridized carbons (Fsp3) is 0.455. The Morgan fingerprint density at radius 3 is 2.62 bits per heavy atom. The van der Waals surface area contributed by atoms with E-state index in [0.29, 0.717) is 6.54 Å². The van der Waals surface area contributed by atoms with Gasteiger partial charge >= 0.3 is 5.97 Å². The Hall–Kier alpha value is -1.62. The number of carbonyl (C=O) groups is 1. The monoisotopic (exact) mass is 224 g/mol. The van der Waals surface area contributed by atoms with Gasteiger partial charge in [0.25, 0.3) is 5.56 Å². The van der Waals surface area contributed by atoms with Crippen LogP contribution in [0, 0.1) is 0 Å². The van der Waals surface area contributed by atoms with Gasteiger partial charge in [0.2, 0.25) is 0 Å². The normalized spacial score (nSPS) is 12.8. The number of likely N-dealkylation sites (N-methyl/N-ethyl adjacent to an activating group) is 1. The molecule has 0 fully saturated rings. The number of aromatic nitrogens is 1. The highest BCUT2D eigenvalue weighted by Crippen LogP contribution is 2.05. The van der Waals surface area contributed by atoms with Crippen molar-refractivity contribution in [3.8, 4) is 0 Å². The first-order valence-electron chi connectivity index (χ1n) is 5.02. The number of carboxylic acid groups (broad SMARTS) is 1. The molecule has 1 heterocycles. The van der Waals surface area contributed by atoms with Crippen LogP contribution in [-0.4, -0.2) is 41.2 Å². The van der Waals surface area contributed by atoms with E-state index in [1.807, 2.05) is 25.9 Å². The largest absolute Gasteiger partial charge is 0.478 e. The summed E-state index contributed by atoms with van der Waals surface area (Å²) in [7, 11) is 3.81. The van der Waals surface area contributed by atoms with Crippen molar-refractivity contribution in [2.75, 3.05) is 20.6 Å². The van der Waals surface area contributed by atoms with Crippen molar-refractivity contribution in [1.82, 2.24) is 9.47 Å². The minimum atomic E-state index is -1.02. The molecule has 5 nitrogen and oxygen atoms in total. The van der Waals surface area contributed by atoms with Gasteiger partial charge in [0, 0.05) is 24.8 Å². The predicted octanol–water partition coefficient (Wildman–Crippen LogP) is 0.669. The Morgan fingerprint density at radius 2 is 2.12 bits per heavy atom. The molecule has 0 aliphatic heterocycles. The Kier molecular flexibility index (Phi) is 3.84. The molecule has 1 unspecified atom stereocenters. The van der Waals surface area contributed by atoms with Gasteiger partial charge < -0.3 is 14.6 Å². The number of nitrogens with zero attached hydrogens (tertiary/aromatic N) is 2. The van der Waals surface area contributed by atoms with Crippen LogP contribution in [0.5, 0.6) is 0 Å². The van der Waals surface area contributed by atoms with E-state index in [0.717, 1.165) is 0 Å². The molecule has 0 bridgehead atoms. The van der Waals surface area contributed by atoms with E-state index in [2.05, 4.69) is 0 Å². The van der Waals surface area contributed by atoms with Crippen molar-refractivity contribution in [2.45, 2.75) is 13.0 Å². The SMILES string of the molecule is CC(CN(C)C)n1cc(C(=O)O)ccc1=O. The lowest BCUT2D eigenvalue weighted by molar-refractivity contribution is 0.0695. The second-order valence-electron chi connectivity index (χ2n) is 4.08. The summed E-state index contributed by atoms with van der Waals surface area (Å²) in [4.78, 5) is 24.3. The van der Waals surface area contributed by atoms with Gasteiger partial charge in [-0.15, -0.1) is 0 Å². The first-order valence-corrected chi connectivity index (χ1v) is 5.02. The van der Waals surface area contributed by atoms with E-state index < -0.39 is 5.97 Å². The Labute approximate surface area is 93.9 Å². The minimum Gasteiger partial charge on any atom is -0.478 e. The average Bonchev–Trinajstić information content (AvgIpc) is 2.16. The van der Waals surface area contributed by atoms with Crippen LogP contribution in [0.1, 0.15) is 23.3 Å². The van der Waals surface area contributed by atoms with Crippen LogP contribution in [0.4, 0.5) is 0 Å². The maximum atomic E-state index is 11.6. The maximum Gasteiger partial charge on any atom is 0.337 e. The fourth-order valence-electron chi connectivity index (χ4n) is 1.59. The van der Waals surface area contributed by atoms with Gasteiger partial charge in [-0.3, -0.25) is 4.79 Å². The van der Waals surface area contributed by atoms with Gasteiger partial charge in [0.15, 0.2) is 0 Å². The minimum absolute atomic E-state index is 0.0539. The summed E-state index contributed by atoms with van der Waals surface area (Å²) >= 11 is 0. The smallest absolute Gasteiger partial charge is 0.337 e. The van der Waals surface area contributed by atoms with E-state index in [1.165, 1.54) is 22.9 Å². The summed E-state index contributed by atoms with van der Waals surface area (Å²) in [6.45, 7) is 2.57. The highest BCUT2D eigenvalue weighted by Gasteiger charge is 2.10. The van der Waals surface area contributed by atoms with Crippen LogP contribution in [0.3, 0.4) is 0 Å². The third-order valence-corrected chi connectivity index (χ3v) is 2.29. The van der Waals surface area contributed by atoms with E-state index in [9.17, 15) is 9.59 Å². The molecule has 0 aromatic carbocycles. The number of hydrogen-bond donors (Lipinski definition) is 1. The van der Waals surface area contributed by atoms with Crippen molar-refractivity contribution in [3.05, 3.63) is 34.2 Å². The molecule has 0 spiro atoms. The van der Waals surface area contributed by atoms with Gasteiger partial charge in [-0.25, -0.2) is 4.79 Å². The van der Waals surface area contributed by atoms with Crippen molar-refractivity contribution >= 4 is 5.97 Å². The molecule has 0 aliphatic rings. The summed E-state index contributed by atoms with van der Waals surface area (Å²) in [6.07, 6.45) is 1.39. The van der Waals surface area contributed by atoms with Gasteiger partial charge in [-0.05, 0) is 27.1 Å². The molecule has 0 radical (unpaired) electrons. The van der Waals surface area contributed by atoms with Crippen LogP contribution in [0.15, 0.2) is 23.1 Å². The molecular formula is C11H16N2O3. The molecule has 0 saturated heterocycles. The molecular weight excluding hydrogens is 208 g/mol. The number of hydrogen-bond acceptors (Lipinski definition) is 3. The molecule has 5 heteroatoms. The molecule has 16 heavy (non-hydrogen) atoms. The van der Waals surface area contributed by atoms with Crippen molar-refractivity contribution in [3.63, 3.8) is 0 Å². The quantitative estimate of drug-likeness (QED) is 0.816. The van der Waals surface area contributed by atoms with Crippen molar-refractivity contribution < 1.29 is 9.90 Å². The molecule has 1 aromatic heterocycles. The Bertz CT molecular complexity index is 437. The molecule has 1 rings (SSSR count). The van der Waals surface area contributed by atoms with E-state index in [-0.39, 0.29) is 17.2 Å². The topological polar surface area (TPSA) is 62.5 Å². The predicted molar refractivity (Wildman–Crippen MR) is 60.9 cm³/mol. The van der Waals surface area contributed by atoms with Gasteiger partial charge in [-0.2, -0.15) is 0 Å². The zero-order valence-corrected chi connectivity index (χ0v) is 9.67. The molecule has 1 N–H and O–H groups in total. The second kappa shape index (κ2) is 4.94. The van der Waals surface area contributed by atoms with Crippen LogP contribution in [0.25, 0.3) is 0 Å². The van der Waals surface area contributed by atoms with Crippen molar-refractivity contribution in [2.24, 2.45) is 0 Å². The number of aromatic carboxylic acids is 1. The third kappa shape index (κ3) is 2.93. The van der Waals surface area contributed by atoms with Crippen LogP contribution < -0.4 is 5.56 Å². The molecule has 0 aliphatic carbocycles. The first kappa shape index (κ1) is 12.4. The van der Waals surface area contributed by atoms with Crippen molar-refractivity contribution in [1.29, 1.82) is 0 Å². The average molecular weight is 224 g/mol. The van der Waals surface area contributed by atoms with E-state index in [4.69, 9.17) is 5.11 Å². The van der Waals surface area contributed by atoms with Crippen LogP contribution in [-0.2, 0) is 0 Å². The number of carboxylic acids is 1. The fourth-order valence-corrected chi connectivity index (χ4v) is 1.59. The molecule has 0 amide bonds. The van der Waals surface area contributed by atoms with E-state index >= 15 is 0 Å². The lowest BCUT2D eigenvalue weighted by Gasteiger charge is -2.19. The van der Waals surface area contributed by atoms with Gasteiger partial charge in [0.1, 0.15) is 0 Å². The Morgan fingerprint density at radius 1 is 1.50 bits per heavy atom. The van der Waals surface area contributed by atoms with Crippen LogP contribution >= 0.6 is 0 Å². The summed E-state index contributed by atoms with van der Waals surface area (Å²) in [5, 5.41) is 8.84. The Balaban J connectivity index is 3.07. The standard InChI is InChI=1S/C11H16N2O3/c1-8(6-12(2)3)13-7-9(11(15)16)4-5-10(13)14/h4-5,7-8H,6H2,1-3H3,(H,15,16). The summed E-state index contributed by atoms with van der Waals surface area (Å²) < 4.78 is 1.45. The molecule has 1 atom stereocenters. The van der Waals surface area contributed by atoms with Gasteiger partial charge in [-0.1, -0.05) is 0 Å². The summed E-state index contributed by atoms with van der Waals surface area (Å²) in [5.74, 6) is -1.02. The second-order valence-corrected chi connectivity index (χ2v) is 4.08. The number of pyridine rings is 1. The van der Waals surface area contributed by atoms with Crippen LogP contribution in [0.2, 0.25) is 0 Å². The van der Waals surface area contributed by atoms with Gasteiger partial charge in [0.05, 0.1) is 5.56 Å². The molecule has 1 aromatic rings. The molecule has 0 saturated carbocycles. The van der Waals surface area contributed by atoms with E-state index in [1.54, 1.807) is 0 Å². The summed E-state index contributed by atoms with van der Waals surface area (Å²) in [5.41, 5.74) is -0.0513. The maximum absolute atomic E-state index is 11.6. The summed E-state index contributed by atoms with van der Waals surface area (Å²) in [6, 6.07) is 2.56. The highest BCUT2D eigenvalue weighted by atomic mass is 16.4. The molecule has 88 valence electrons. The highest BCUT2D eigenvalue weighted by molar-refractivity contribution is 5.87. The zero-order chi connectivity index (χ0) is 12.3. The first-order chi connectivity index (χ1) is 7.41. The number of rotatable bonds is 4. The lowest BCUT2D eigenvalue weighted by atomic mass is 10.2. The lowest BCUT2D eigenvalue weighted by Crippen LogP contribution is -2.30. The third-order valence-electron chi connectivity index (χ3n) is 2.29. The zero-order valence-electron chi connectivity index (χ0n) is 9.67.